The molecule has 1 aromatic rings. The van der Waals surface area contributed by atoms with Gasteiger partial charge in [-0.05, 0) is 25.5 Å². The van der Waals surface area contributed by atoms with E-state index in [1.54, 1.807) is 0 Å². The summed E-state index contributed by atoms with van der Waals surface area (Å²) in [4.78, 5) is 6.74. The van der Waals surface area contributed by atoms with Gasteiger partial charge in [0, 0.05) is 45.6 Å². The lowest BCUT2D eigenvalue weighted by Gasteiger charge is -2.21. The Kier molecular flexibility index (Phi) is 9.15. The van der Waals surface area contributed by atoms with Crippen molar-refractivity contribution in [2.45, 2.75) is 26.9 Å². The maximum Gasteiger partial charge on any atom is 0.0593 e. The Balaban J connectivity index is 2.47. The predicted octanol–water partition coefficient (Wildman–Crippen LogP) is 1.42. The van der Waals surface area contributed by atoms with Gasteiger partial charge in [0.1, 0.15) is 0 Å². The van der Waals surface area contributed by atoms with Gasteiger partial charge in [0.05, 0.1) is 18.9 Å². The molecule has 5 nitrogen and oxygen atoms in total. The van der Waals surface area contributed by atoms with E-state index in [-0.39, 0.29) is 0 Å². The highest BCUT2D eigenvalue weighted by atomic mass is 16.5. The number of ether oxygens (including phenoxy) is 2. The SMILES string of the molecule is CCOCCN(CCOCC)Cc1ccc(CN)cn1. The summed E-state index contributed by atoms with van der Waals surface area (Å²) in [5.74, 6) is 0. The van der Waals surface area contributed by atoms with Crippen molar-refractivity contribution in [3.63, 3.8) is 0 Å². The van der Waals surface area contributed by atoms with Gasteiger partial charge in [0.15, 0.2) is 0 Å². The third-order valence-corrected chi connectivity index (χ3v) is 3.02. The molecule has 0 fully saturated rings. The van der Waals surface area contributed by atoms with E-state index in [1.165, 1.54) is 0 Å². The van der Waals surface area contributed by atoms with E-state index in [1.807, 2.05) is 32.2 Å². The fourth-order valence-corrected chi connectivity index (χ4v) is 1.84. The maximum atomic E-state index is 5.58. The summed E-state index contributed by atoms with van der Waals surface area (Å²) in [6.45, 7) is 10.1. The Morgan fingerprint density at radius 1 is 1.10 bits per heavy atom. The fraction of sp³-hybridized carbons (Fsp3) is 0.667. The number of hydrogen-bond acceptors (Lipinski definition) is 5. The topological polar surface area (TPSA) is 60.6 Å². The second-order valence-corrected chi connectivity index (χ2v) is 4.53. The van der Waals surface area contributed by atoms with Crippen LogP contribution in [-0.2, 0) is 22.6 Å². The molecule has 1 heterocycles. The molecule has 0 atom stereocenters. The van der Waals surface area contributed by atoms with Crippen LogP contribution in [-0.4, -0.2) is 49.4 Å². The van der Waals surface area contributed by atoms with Gasteiger partial charge in [0.2, 0.25) is 0 Å². The van der Waals surface area contributed by atoms with Gasteiger partial charge in [-0.25, -0.2) is 0 Å². The van der Waals surface area contributed by atoms with Crippen molar-refractivity contribution in [1.82, 2.24) is 9.88 Å². The molecule has 0 aromatic carbocycles. The van der Waals surface area contributed by atoms with E-state index < -0.39 is 0 Å². The molecule has 0 saturated carbocycles. The minimum atomic E-state index is 0.533. The molecule has 0 aliphatic carbocycles. The standard InChI is InChI=1S/C15H27N3O2/c1-3-19-9-7-18(8-10-20-4-2)13-15-6-5-14(11-16)12-17-15/h5-6,12H,3-4,7-11,13,16H2,1-2H3. The smallest absolute Gasteiger partial charge is 0.0593 e. The molecule has 114 valence electrons. The molecule has 0 saturated heterocycles. The van der Waals surface area contributed by atoms with Gasteiger partial charge in [0.25, 0.3) is 0 Å². The molecule has 1 aromatic heterocycles. The zero-order valence-corrected chi connectivity index (χ0v) is 12.7. The third kappa shape index (κ3) is 6.96. The van der Waals surface area contributed by atoms with Crippen molar-refractivity contribution in [1.29, 1.82) is 0 Å². The average molecular weight is 281 g/mol. The van der Waals surface area contributed by atoms with Gasteiger partial charge in [-0.2, -0.15) is 0 Å². The molecule has 0 bridgehead atoms. The van der Waals surface area contributed by atoms with Gasteiger partial charge in [-0.3, -0.25) is 9.88 Å². The summed E-state index contributed by atoms with van der Waals surface area (Å²) in [6, 6.07) is 4.07. The Hall–Kier alpha value is -1.01. The number of nitrogens with zero attached hydrogens (tertiary/aromatic N) is 2. The van der Waals surface area contributed by atoms with Crippen LogP contribution in [0, 0.1) is 0 Å². The first kappa shape index (κ1) is 17.0. The Morgan fingerprint density at radius 2 is 1.75 bits per heavy atom. The van der Waals surface area contributed by atoms with Crippen molar-refractivity contribution in [3.05, 3.63) is 29.6 Å². The van der Waals surface area contributed by atoms with Crippen LogP contribution in [0.25, 0.3) is 0 Å². The highest BCUT2D eigenvalue weighted by Gasteiger charge is 2.07. The summed E-state index contributed by atoms with van der Waals surface area (Å²) >= 11 is 0. The van der Waals surface area contributed by atoms with E-state index in [0.29, 0.717) is 6.54 Å². The maximum absolute atomic E-state index is 5.58. The predicted molar refractivity (Wildman–Crippen MR) is 80.4 cm³/mol. The van der Waals surface area contributed by atoms with Crippen molar-refractivity contribution in [3.8, 4) is 0 Å². The number of nitrogens with two attached hydrogens (primary N) is 1. The minimum absolute atomic E-state index is 0.533. The Labute approximate surface area is 122 Å². The van der Waals surface area contributed by atoms with E-state index in [9.17, 15) is 0 Å². The quantitative estimate of drug-likeness (QED) is 0.622. The first-order chi connectivity index (χ1) is 9.80. The number of aromatic nitrogens is 1. The van der Waals surface area contributed by atoms with Crippen LogP contribution < -0.4 is 5.73 Å². The van der Waals surface area contributed by atoms with Gasteiger partial charge < -0.3 is 15.2 Å². The first-order valence-corrected chi connectivity index (χ1v) is 7.31. The fourth-order valence-electron chi connectivity index (χ4n) is 1.84. The van der Waals surface area contributed by atoms with Crippen LogP contribution in [0.5, 0.6) is 0 Å². The molecule has 0 radical (unpaired) electrons. The van der Waals surface area contributed by atoms with Crippen LogP contribution in [0.3, 0.4) is 0 Å². The highest BCUT2D eigenvalue weighted by molar-refractivity contribution is 5.13. The molecule has 0 aliphatic heterocycles. The van der Waals surface area contributed by atoms with Crippen LogP contribution in [0.4, 0.5) is 0 Å². The summed E-state index contributed by atoms with van der Waals surface area (Å²) in [6.07, 6.45) is 1.85. The van der Waals surface area contributed by atoms with Crippen molar-refractivity contribution >= 4 is 0 Å². The summed E-state index contributed by atoms with van der Waals surface area (Å²) in [5, 5.41) is 0. The lowest BCUT2D eigenvalue weighted by Crippen LogP contribution is -2.31. The number of rotatable bonds is 11. The number of pyridine rings is 1. The van der Waals surface area contributed by atoms with Gasteiger partial charge in [-0.1, -0.05) is 6.07 Å². The highest BCUT2D eigenvalue weighted by Crippen LogP contribution is 2.04. The molecule has 0 amide bonds. The van der Waals surface area contributed by atoms with E-state index >= 15 is 0 Å². The second kappa shape index (κ2) is 10.7. The molecular weight excluding hydrogens is 254 g/mol. The average Bonchev–Trinajstić information content (AvgIpc) is 2.48. The van der Waals surface area contributed by atoms with Crippen LogP contribution in [0.15, 0.2) is 18.3 Å². The first-order valence-electron chi connectivity index (χ1n) is 7.31. The lowest BCUT2D eigenvalue weighted by atomic mass is 10.2. The molecule has 1 rings (SSSR count). The Morgan fingerprint density at radius 3 is 2.20 bits per heavy atom. The Bertz CT molecular complexity index is 333. The summed E-state index contributed by atoms with van der Waals surface area (Å²) < 4.78 is 10.9. The molecule has 20 heavy (non-hydrogen) atoms. The van der Waals surface area contributed by atoms with Crippen LogP contribution >= 0.6 is 0 Å². The number of hydrogen-bond donors (Lipinski definition) is 1. The normalized spacial score (nSPS) is 11.2. The minimum Gasteiger partial charge on any atom is -0.380 e. The van der Waals surface area contributed by atoms with Gasteiger partial charge in [-0.15, -0.1) is 0 Å². The molecule has 2 N–H and O–H groups in total. The lowest BCUT2D eigenvalue weighted by molar-refractivity contribution is 0.0792. The van der Waals surface area contributed by atoms with Crippen LogP contribution in [0.1, 0.15) is 25.1 Å². The monoisotopic (exact) mass is 281 g/mol. The second-order valence-electron chi connectivity index (χ2n) is 4.53. The van der Waals surface area contributed by atoms with Crippen molar-refractivity contribution in [2.75, 3.05) is 39.5 Å². The molecule has 0 spiro atoms. The molecule has 0 unspecified atom stereocenters. The van der Waals surface area contributed by atoms with E-state index in [4.69, 9.17) is 15.2 Å². The summed E-state index contributed by atoms with van der Waals surface area (Å²) in [5.41, 5.74) is 7.69. The van der Waals surface area contributed by atoms with E-state index in [2.05, 4.69) is 9.88 Å². The van der Waals surface area contributed by atoms with E-state index in [0.717, 1.165) is 57.3 Å². The zero-order chi connectivity index (χ0) is 14.6. The molecule has 5 heteroatoms. The molecular formula is C15H27N3O2. The van der Waals surface area contributed by atoms with Gasteiger partial charge >= 0.3 is 0 Å². The van der Waals surface area contributed by atoms with Crippen molar-refractivity contribution in [2.24, 2.45) is 5.73 Å². The van der Waals surface area contributed by atoms with Crippen molar-refractivity contribution < 1.29 is 9.47 Å². The summed E-state index contributed by atoms with van der Waals surface area (Å²) in [7, 11) is 0. The zero-order valence-electron chi connectivity index (χ0n) is 12.7. The molecule has 0 aliphatic rings. The third-order valence-electron chi connectivity index (χ3n) is 3.02. The van der Waals surface area contributed by atoms with Crippen LogP contribution in [0.2, 0.25) is 0 Å². The largest absolute Gasteiger partial charge is 0.380 e.